The molecule has 0 aliphatic rings. The van der Waals surface area contributed by atoms with Gasteiger partial charge < -0.3 is 10.2 Å². The van der Waals surface area contributed by atoms with Crippen LogP contribution in [0.15, 0.2) is 0 Å². The van der Waals surface area contributed by atoms with Crippen LogP contribution in [0.3, 0.4) is 0 Å². The maximum absolute atomic E-state index is 9.61. The fourth-order valence-electron chi connectivity index (χ4n) is 0. The molecule has 0 saturated heterocycles. The summed E-state index contributed by atoms with van der Waals surface area (Å²) in [4.78, 5) is 26.3. The summed E-state index contributed by atoms with van der Waals surface area (Å²) >= 11 is 10.6. The molecule has 98 valence electrons. The molecule has 0 amide bonds. The number of carboxylic acid groups (broad SMARTS) is 2. The van der Waals surface area contributed by atoms with Gasteiger partial charge in [-0.15, -0.1) is 0 Å². The number of carboxylic acids is 2. The molecule has 0 atom stereocenters. The number of hydrogen-bond donors (Lipinski definition) is 2. The summed E-state index contributed by atoms with van der Waals surface area (Å²) in [5.41, 5.74) is 0. The van der Waals surface area contributed by atoms with Crippen molar-refractivity contribution in [3.63, 3.8) is 0 Å². The third kappa shape index (κ3) is 36.1. The summed E-state index contributed by atoms with van der Waals surface area (Å²) < 4.78 is -1.21. The summed E-state index contributed by atoms with van der Waals surface area (Å²) in [5.74, 6) is -1.81. The van der Waals surface area contributed by atoms with Crippen molar-refractivity contribution in [1.82, 2.24) is 0 Å². The van der Waals surface area contributed by atoms with Gasteiger partial charge in [0.15, 0.2) is 7.47 Å². The molecule has 0 bridgehead atoms. The second kappa shape index (κ2) is 14.7. The minimum atomic E-state index is -0.907. The number of alkyl halides is 4. The average Bonchev–Trinajstić information content (AvgIpc) is 2.03. The molecular weight excluding hydrogens is 589 g/mol. The van der Waals surface area contributed by atoms with Gasteiger partial charge in [-0.3, -0.25) is 9.59 Å². The Morgan fingerprint density at radius 1 is 0.875 bits per heavy atom. The third-order valence-electron chi connectivity index (χ3n) is 0.373. The maximum atomic E-state index is 9.61. The molecule has 16 heavy (non-hydrogen) atoms. The van der Waals surface area contributed by atoms with Crippen molar-refractivity contribution in [1.29, 1.82) is 0 Å². The van der Waals surface area contributed by atoms with Crippen LogP contribution < -0.4 is 0 Å². The number of carbonyl (C=O) groups is 2. The van der Waals surface area contributed by atoms with Gasteiger partial charge in [-0.05, 0) is 0 Å². The Hall–Kier alpha value is 1.68. The molecule has 0 aromatic rings. The van der Waals surface area contributed by atoms with E-state index in [2.05, 4.69) is 78.3 Å². The molecule has 0 radical (unpaired) electrons. The van der Waals surface area contributed by atoms with E-state index in [0.717, 1.165) is 0 Å². The Bertz CT molecular complexity index is 178. The quantitative estimate of drug-likeness (QED) is 0.373. The van der Waals surface area contributed by atoms with Crippen LogP contribution >= 0.6 is 63.7 Å². The monoisotopic (exact) mass is 598 g/mol. The Balaban J connectivity index is -0.000000162. The van der Waals surface area contributed by atoms with Gasteiger partial charge in [-0.2, -0.15) is 0 Å². The zero-order valence-electron chi connectivity index (χ0n) is 8.82. The van der Waals surface area contributed by atoms with Gasteiger partial charge >= 0.3 is 46.8 Å². The summed E-state index contributed by atoms with van der Waals surface area (Å²) in [6.45, 7) is 0. The van der Waals surface area contributed by atoms with E-state index in [9.17, 15) is 9.59 Å². The topological polar surface area (TPSA) is 74.6 Å². The molecule has 0 aliphatic heterocycles. The van der Waals surface area contributed by atoms with Crippen LogP contribution in [0.2, 0.25) is 14.6 Å². The van der Waals surface area contributed by atoms with Crippen molar-refractivity contribution in [3.05, 3.63) is 0 Å². The van der Waals surface area contributed by atoms with Gasteiger partial charge in [0.2, 0.25) is 0 Å². The molecule has 0 aromatic carbocycles. The summed E-state index contributed by atoms with van der Waals surface area (Å²) in [7, 11) is 0. The Labute approximate surface area is 136 Å². The van der Waals surface area contributed by atoms with Gasteiger partial charge in [-0.1, -0.05) is 63.7 Å². The van der Waals surface area contributed by atoms with Gasteiger partial charge in [-0.25, -0.2) is 0 Å². The molecular formula is C7H13Br4O4Sb. The SMILES string of the molecule is O=C(O)C(Br)Br.O=C(O)C(Br)Br.[CH3][Sb]([CH3])[CH3]. The Kier molecular flexibility index (Phi) is 21.0. The predicted molar refractivity (Wildman–Crippen MR) is 81.9 cm³/mol. The van der Waals surface area contributed by atoms with E-state index in [-0.39, 0.29) is 0 Å². The average molecular weight is 603 g/mol. The normalized spacial score (nSPS) is 9.12. The summed E-state index contributed by atoms with van der Waals surface area (Å²) in [6, 6.07) is 0. The molecule has 0 aliphatic carbocycles. The van der Waals surface area contributed by atoms with Crippen LogP contribution in [0.4, 0.5) is 0 Å². The van der Waals surface area contributed by atoms with Gasteiger partial charge in [0.25, 0.3) is 0 Å². The Morgan fingerprint density at radius 2 is 0.938 bits per heavy atom. The van der Waals surface area contributed by atoms with Crippen LogP contribution in [0, 0.1) is 0 Å². The van der Waals surface area contributed by atoms with E-state index in [1.54, 1.807) is 0 Å². The summed E-state index contributed by atoms with van der Waals surface area (Å²) in [5, 5.41) is 15.8. The van der Waals surface area contributed by atoms with Crippen LogP contribution in [-0.2, 0) is 9.59 Å². The van der Waals surface area contributed by atoms with E-state index >= 15 is 0 Å². The molecule has 0 heterocycles. The van der Waals surface area contributed by atoms with Gasteiger partial charge in [0, 0.05) is 0 Å². The fourth-order valence-corrected chi connectivity index (χ4v) is 0. The number of rotatable bonds is 2. The number of halogens is 4. The van der Waals surface area contributed by atoms with E-state index in [1.807, 2.05) is 0 Å². The van der Waals surface area contributed by atoms with Crippen molar-refractivity contribution < 1.29 is 19.8 Å². The van der Waals surface area contributed by atoms with Crippen molar-refractivity contribution >= 4 is 95.9 Å². The van der Waals surface area contributed by atoms with E-state index in [0.29, 0.717) is 0 Å². The van der Waals surface area contributed by atoms with Crippen LogP contribution in [-0.4, -0.2) is 49.8 Å². The molecule has 0 saturated carbocycles. The van der Waals surface area contributed by atoms with Crippen LogP contribution in [0.25, 0.3) is 0 Å². The third-order valence-corrected chi connectivity index (χ3v) is 1.94. The predicted octanol–water partition coefficient (Wildman–Crippen LogP) is 3.74. The first-order chi connectivity index (χ1) is 7.02. The summed E-state index contributed by atoms with van der Waals surface area (Å²) in [6.07, 6.45) is 0. The van der Waals surface area contributed by atoms with Gasteiger partial charge in [0.05, 0.1) is 0 Å². The Morgan fingerprint density at radius 3 is 0.938 bits per heavy atom. The molecule has 0 aromatic heterocycles. The zero-order chi connectivity index (χ0) is 13.9. The van der Waals surface area contributed by atoms with Gasteiger partial charge in [0.1, 0.15) is 0 Å². The number of aliphatic carboxylic acids is 2. The minimum absolute atomic E-state index is 0.450. The molecule has 0 rings (SSSR count). The zero-order valence-corrected chi connectivity index (χ0v) is 17.7. The van der Waals surface area contributed by atoms with Crippen LogP contribution in [0.1, 0.15) is 0 Å². The molecule has 9 heteroatoms. The van der Waals surface area contributed by atoms with Crippen molar-refractivity contribution in [2.75, 3.05) is 0 Å². The molecule has 4 nitrogen and oxygen atoms in total. The van der Waals surface area contributed by atoms with E-state index in [1.165, 1.54) is 0 Å². The standard InChI is InChI=1S/2C2H2Br2O2.3CH3.Sb/c2*3-1(4)2(5)6;;;;/h2*1H,(H,5,6);3*1H3;. The van der Waals surface area contributed by atoms with Crippen molar-refractivity contribution in [2.45, 2.75) is 22.1 Å². The molecule has 2 N–H and O–H groups in total. The number of hydrogen-bond acceptors (Lipinski definition) is 2. The molecule has 0 fully saturated rings. The first-order valence-electron chi connectivity index (χ1n) is 3.65. The van der Waals surface area contributed by atoms with E-state index < -0.39 is 39.6 Å². The first-order valence-corrected chi connectivity index (χ1v) is 15.0. The van der Waals surface area contributed by atoms with Crippen molar-refractivity contribution in [3.8, 4) is 0 Å². The molecule has 0 spiro atoms. The first kappa shape index (κ1) is 22.8. The van der Waals surface area contributed by atoms with Crippen molar-refractivity contribution in [2.24, 2.45) is 0 Å². The van der Waals surface area contributed by atoms with E-state index in [4.69, 9.17) is 10.2 Å². The second-order valence-electron chi connectivity index (χ2n) is 2.62. The molecule has 0 unspecified atom stereocenters. The second-order valence-corrected chi connectivity index (χ2v) is 16.4. The fraction of sp³-hybridized carbons (Fsp3) is 0.714. The van der Waals surface area contributed by atoms with Crippen LogP contribution in [0.5, 0.6) is 0 Å².